The molecule has 0 saturated carbocycles. The van der Waals surface area contributed by atoms with Gasteiger partial charge in [0.25, 0.3) is 0 Å². The van der Waals surface area contributed by atoms with Crippen molar-refractivity contribution in [3.63, 3.8) is 0 Å². The van der Waals surface area contributed by atoms with Gasteiger partial charge in [-0.1, -0.05) is 0 Å². The van der Waals surface area contributed by atoms with Crippen LogP contribution in [0.15, 0.2) is 0 Å². The van der Waals surface area contributed by atoms with Gasteiger partial charge in [0.05, 0.1) is 6.61 Å². The van der Waals surface area contributed by atoms with Gasteiger partial charge < -0.3 is 21.3 Å². The average Bonchev–Trinajstić information content (AvgIpc) is 1.80. The van der Waals surface area contributed by atoms with Crippen LogP contribution in [0.4, 0.5) is 4.79 Å². The van der Waals surface area contributed by atoms with E-state index in [9.17, 15) is 9.59 Å². The van der Waals surface area contributed by atoms with E-state index in [1.165, 1.54) is 0 Å². The number of rotatable bonds is 2. The largest absolute Gasteiger partial charge is 0.444 e. The van der Waals surface area contributed by atoms with E-state index >= 15 is 0 Å². The molecule has 0 radical (unpaired) electrons. The number of carbonyl (C=O) groups is 2. The third kappa shape index (κ3) is 22.4. The van der Waals surface area contributed by atoms with E-state index in [4.69, 9.17) is 10.8 Å². The molecule has 0 fully saturated rings. The summed E-state index contributed by atoms with van der Waals surface area (Å²) in [6.45, 7) is 5.14. The second-order valence-electron chi connectivity index (χ2n) is 3.47. The first-order valence-corrected chi connectivity index (χ1v) is 4.06. The molecule has 0 unspecified atom stereocenters. The number of ether oxygens (including phenoxy) is 1. The number of aliphatic hydroxyl groups is 1. The maximum atomic E-state index is 10.0. The summed E-state index contributed by atoms with van der Waals surface area (Å²) >= 11 is 0. The summed E-state index contributed by atoms with van der Waals surface area (Å²) in [7, 11) is 0. The monoisotopic (exact) mass is 206 g/mol. The Hall–Kier alpha value is -1.30. The summed E-state index contributed by atoms with van der Waals surface area (Å²) < 4.78 is 4.58. The van der Waals surface area contributed by atoms with Crippen molar-refractivity contribution in [2.45, 2.75) is 32.8 Å². The molecule has 0 aliphatic rings. The third-order valence-electron chi connectivity index (χ3n) is 0.765. The molecule has 6 nitrogen and oxygen atoms in total. The summed E-state index contributed by atoms with van der Waals surface area (Å²) in [5.41, 5.74) is 8.87. The highest BCUT2D eigenvalue weighted by molar-refractivity contribution is 5.73. The molecular weight excluding hydrogens is 188 g/mol. The van der Waals surface area contributed by atoms with E-state index in [0.717, 1.165) is 0 Å². The van der Waals surface area contributed by atoms with Crippen LogP contribution in [0.3, 0.4) is 0 Å². The minimum Gasteiger partial charge on any atom is -0.444 e. The summed E-state index contributed by atoms with van der Waals surface area (Å²) in [6.07, 6.45) is -0.655. The van der Waals surface area contributed by atoms with Crippen LogP contribution in [-0.4, -0.2) is 29.3 Å². The van der Waals surface area contributed by atoms with Crippen molar-refractivity contribution in [2.75, 3.05) is 6.61 Å². The van der Waals surface area contributed by atoms with E-state index in [1.54, 1.807) is 20.8 Å². The summed E-state index contributed by atoms with van der Waals surface area (Å²) in [6, 6.07) is 0. The van der Waals surface area contributed by atoms with Gasteiger partial charge in [-0.25, -0.2) is 4.79 Å². The first-order chi connectivity index (χ1) is 6.19. The molecule has 0 bridgehead atoms. The van der Waals surface area contributed by atoms with E-state index in [0.29, 0.717) is 0 Å². The Kier molecular flexibility index (Phi) is 7.74. The molecular formula is C8H18N2O4. The maximum Gasteiger partial charge on any atom is 0.405 e. The SMILES string of the molecule is CC(C)(C)OC(N)=O.NC(=O)CCO. The van der Waals surface area contributed by atoms with Crippen LogP contribution in [0.5, 0.6) is 0 Å². The average molecular weight is 206 g/mol. The molecule has 0 atom stereocenters. The standard InChI is InChI=1S/C5H11NO2.C3H7NO2/c1-5(2,3)8-4(6)7;4-3(6)1-2-5/h1-3H3,(H2,6,7);5H,1-2H2,(H2,4,6). The number of primary amides is 2. The lowest BCUT2D eigenvalue weighted by Crippen LogP contribution is -2.27. The number of nitrogens with two attached hydrogens (primary N) is 2. The van der Waals surface area contributed by atoms with Crippen LogP contribution in [0.1, 0.15) is 27.2 Å². The van der Waals surface area contributed by atoms with Crippen LogP contribution < -0.4 is 11.5 Å². The second kappa shape index (κ2) is 7.14. The lowest BCUT2D eigenvalue weighted by atomic mass is 10.2. The molecule has 6 heteroatoms. The smallest absolute Gasteiger partial charge is 0.405 e. The van der Waals surface area contributed by atoms with Crippen molar-refractivity contribution in [1.82, 2.24) is 0 Å². The predicted octanol–water partition coefficient (Wildman–Crippen LogP) is -0.266. The van der Waals surface area contributed by atoms with Gasteiger partial charge in [0.2, 0.25) is 5.91 Å². The molecule has 0 heterocycles. The van der Waals surface area contributed by atoms with Gasteiger partial charge in [-0.2, -0.15) is 0 Å². The van der Waals surface area contributed by atoms with E-state index in [2.05, 4.69) is 10.5 Å². The maximum absolute atomic E-state index is 10.0. The number of carbonyl (C=O) groups excluding carboxylic acids is 2. The number of hydrogen-bond donors (Lipinski definition) is 3. The minimum absolute atomic E-state index is 0.0694. The number of amides is 2. The quantitative estimate of drug-likeness (QED) is 0.576. The van der Waals surface area contributed by atoms with Crippen LogP contribution in [0.25, 0.3) is 0 Å². The fourth-order valence-corrected chi connectivity index (χ4v) is 0.412. The summed E-state index contributed by atoms with van der Waals surface area (Å²) in [4.78, 5) is 19.7. The van der Waals surface area contributed by atoms with Crippen LogP contribution in [0.2, 0.25) is 0 Å². The highest BCUT2D eigenvalue weighted by atomic mass is 16.6. The fourth-order valence-electron chi connectivity index (χ4n) is 0.412. The Morgan fingerprint density at radius 2 is 1.71 bits per heavy atom. The van der Waals surface area contributed by atoms with Gasteiger partial charge in [-0.05, 0) is 20.8 Å². The van der Waals surface area contributed by atoms with Crippen molar-refractivity contribution in [2.24, 2.45) is 11.5 Å². The van der Waals surface area contributed by atoms with Crippen molar-refractivity contribution in [3.05, 3.63) is 0 Å². The van der Waals surface area contributed by atoms with Crippen LogP contribution >= 0.6 is 0 Å². The Balaban J connectivity index is 0. The highest BCUT2D eigenvalue weighted by Crippen LogP contribution is 2.04. The van der Waals surface area contributed by atoms with Crippen molar-refractivity contribution in [1.29, 1.82) is 0 Å². The first kappa shape index (κ1) is 15.2. The third-order valence-corrected chi connectivity index (χ3v) is 0.765. The molecule has 0 aromatic heterocycles. The molecule has 84 valence electrons. The zero-order valence-corrected chi connectivity index (χ0v) is 8.74. The van der Waals surface area contributed by atoms with Crippen molar-refractivity contribution in [3.8, 4) is 0 Å². The Labute approximate surface area is 83.2 Å². The molecule has 0 saturated heterocycles. The van der Waals surface area contributed by atoms with Crippen molar-refractivity contribution < 1.29 is 19.4 Å². The first-order valence-electron chi connectivity index (χ1n) is 4.06. The second-order valence-corrected chi connectivity index (χ2v) is 3.47. The van der Waals surface area contributed by atoms with E-state index in [-0.39, 0.29) is 13.0 Å². The van der Waals surface area contributed by atoms with E-state index < -0.39 is 17.6 Å². The van der Waals surface area contributed by atoms with Crippen LogP contribution in [-0.2, 0) is 9.53 Å². The molecule has 0 aromatic rings. The predicted molar refractivity (Wildman–Crippen MR) is 51.3 cm³/mol. The summed E-state index contributed by atoms with van der Waals surface area (Å²) in [5, 5.41) is 7.94. The molecule has 5 N–H and O–H groups in total. The molecule has 0 spiro atoms. The molecule has 14 heavy (non-hydrogen) atoms. The molecule has 0 aliphatic carbocycles. The van der Waals surface area contributed by atoms with Gasteiger partial charge in [0.1, 0.15) is 5.60 Å². The highest BCUT2D eigenvalue weighted by Gasteiger charge is 2.12. The van der Waals surface area contributed by atoms with Gasteiger partial charge >= 0.3 is 6.09 Å². The molecule has 0 aromatic carbocycles. The van der Waals surface area contributed by atoms with Gasteiger partial charge in [0, 0.05) is 6.42 Å². The van der Waals surface area contributed by atoms with Crippen LogP contribution in [0, 0.1) is 0 Å². The topological polar surface area (TPSA) is 116 Å². The molecule has 0 aliphatic heterocycles. The number of hydrogen-bond acceptors (Lipinski definition) is 4. The zero-order valence-electron chi connectivity index (χ0n) is 8.74. The Morgan fingerprint density at radius 3 is 1.71 bits per heavy atom. The Morgan fingerprint density at radius 1 is 1.29 bits per heavy atom. The minimum atomic E-state index is -0.725. The van der Waals surface area contributed by atoms with E-state index in [1.807, 2.05) is 0 Å². The fraction of sp³-hybridized carbons (Fsp3) is 0.750. The van der Waals surface area contributed by atoms with Gasteiger partial charge in [-0.15, -0.1) is 0 Å². The van der Waals surface area contributed by atoms with Gasteiger partial charge in [0.15, 0.2) is 0 Å². The zero-order chi connectivity index (χ0) is 11.8. The van der Waals surface area contributed by atoms with Crippen molar-refractivity contribution >= 4 is 12.0 Å². The lowest BCUT2D eigenvalue weighted by molar-refractivity contribution is -0.118. The molecule has 2 amide bonds. The normalized spacial score (nSPS) is 9.71. The molecule has 0 rings (SSSR count). The Bertz CT molecular complexity index is 186. The number of aliphatic hydroxyl groups excluding tert-OH is 1. The lowest BCUT2D eigenvalue weighted by Gasteiger charge is -2.16. The van der Waals surface area contributed by atoms with Gasteiger partial charge in [-0.3, -0.25) is 4.79 Å². The summed E-state index contributed by atoms with van der Waals surface area (Å²) in [5.74, 6) is -0.461.